The van der Waals surface area contributed by atoms with Gasteiger partial charge >= 0.3 is 53.5 Å². The zero-order valence-electron chi connectivity index (χ0n) is 31.7. The van der Waals surface area contributed by atoms with E-state index in [0.29, 0.717) is 0 Å². The van der Waals surface area contributed by atoms with Gasteiger partial charge in [-0.05, 0) is 46.9 Å². The number of benzene rings is 6. The van der Waals surface area contributed by atoms with Crippen LogP contribution in [0.25, 0.3) is 88.0 Å². The summed E-state index contributed by atoms with van der Waals surface area (Å²) in [5, 5.41) is 9.67. The van der Waals surface area contributed by atoms with E-state index in [-0.39, 0.29) is 5.43 Å². The summed E-state index contributed by atoms with van der Waals surface area (Å²) in [5.41, 5.74) is 9.76. The molecule has 0 bridgehead atoms. The standard InChI is InChI=1S/2C24H17O.C2H6Si.2ClH.Zr/c2*1-16-11-12-18-13-20(24-21-10-6-5-9-19(21)15-25-24)14-22(18)23(16)17-7-3-2-4-8-17;1-3-2;;;/h2*2-15H,1H3;1-2H3;2*1H;/q2*-1;;;;+2/p-2. The van der Waals surface area contributed by atoms with Crippen molar-refractivity contribution in [2.45, 2.75) is 26.9 Å². The molecule has 0 saturated heterocycles. The molecule has 0 fully saturated rings. The zero-order chi connectivity index (χ0) is 38.8. The van der Waals surface area contributed by atoms with Crippen LogP contribution in [0.15, 0.2) is 179 Å². The molecular formula is C50H40Cl2O2SiZr-2. The summed E-state index contributed by atoms with van der Waals surface area (Å²) in [5.74, 6) is 1.90. The van der Waals surface area contributed by atoms with Crippen molar-refractivity contribution in [3.63, 3.8) is 0 Å². The van der Waals surface area contributed by atoms with E-state index in [4.69, 9.17) is 25.9 Å². The molecule has 276 valence electrons. The van der Waals surface area contributed by atoms with Crippen molar-refractivity contribution in [3.05, 3.63) is 181 Å². The van der Waals surface area contributed by atoms with Crippen molar-refractivity contribution in [3.8, 4) is 44.9 Å². The van der Waals surface area contributed by atoms with E-state index in [1.165, 1.54) is 54.9 Å². The van der Waals surface area contributed by atoms with Gasteiger partial charge in [-0.1, -0.05) is 144 Å². The molecule has 0 unspecified atom stereocenters. The van der Waals surface area contributed by atoms with Crippen LogP contribution in [-0.2, 0) is 18.0 Å². The van der Waals surface area contributed by atoms with Gasteiger partial charge in [0.25, 0.3) is 0 Å². The number of hydrogen-bond donors (Lipinski definition) is 0. The van der Waals surface area contributed by atoms with Crippen molar-refractivity contribution in [1.29, 1.82) is 0 Å². The summed E-state index contributed by atoms with van der Waals surface area (Å²) in [6.07, 6.45) is 3.68. The fourth-order valence-corrected chi connectivity index (χ4v) is 7.45. The molecule has 8 aromatic carbocycles. The first kappa shape index (κ1) is 38.2. The summed E-state index contributed by atoms with van der Waals surface area (Å²) in [7, 11) is 11.2. The Labute approximate surface area is 343 Å². The Balaban J connectivity index is 0.000000138. The Hall–Kier alpha value is -4.70. The molecule has 6 heteroatoms. The second kappa shape index (κ2) is 16.8. The van der Waals surface area contributed by atoms with E-state index < -0.39 is 18.0 Å². The third-order valence-electron chi connectivity index (χ3n) is 10.2. The van der Waals surface area contributed by atoms with Crippen LogP contribution in [0.4, 0.5) is 0 Å². The van der Waals surface area contributed by atoms with Gasteiger partial charge in [0, 0.05) is 10.8 Å². The molecule has 0 N–H and O–H groups in total. The largest absolute Gasteiger partial charge is 0.498 e. The van der Waals surface area contributed by atoms with Gasteiger partial charge in [0.15, 0.2) is 0 Å². The van der Waals surface area contributed by atoms with E-state index in [1.807, 2.05) is 24.7 Å². The van der Waals surface area contributed by atoms with Gasteiger partial charge in [0.1, 0.15) is 0 Å². The van der Waals surface area contributed by atoms with Crippen LogP contribution >= 0.6 is 17.0 Å². The molecule has 0 saturated carbocycles. The van der Waals surface area contributed by atoms with E-state index in [9.17, 15) is 0 Å². The van der Waals surface area contributed by atoms with E-state index in [1.54, 1.807) is 0 Å². The number of furan rings is 2. The molecule has 2 nitrogen and oxygen atoms in total. The first-order valence-electron chi connectivity index (χ1n) is 18.7. The van der Waals surface area contributed by atoms with Crippen LogP contribution in [0.1, 0.15) is 11.1 Å². The van der Waals surface area contributed by atoms with Gasteiger partial charge in [-0.25, -0.2) is 0 Å². The number of rotatable bonds is 4. The fourth-order valence-electron chi connectivity index (χ4n) is 7.45. The maximum absolute atomic E-state index is 5.91. The summed E-state index contributed by atoms with van der Waals surface area (Å²) in [6.45, 7) is 8.69. The minimum absolute atomic E-state index is 0.224. The number of halogens is 2. The summed E-state index contributed by atoms with van der Waals surface area (Å²) < 4.78 is 11.8. The Morgan fingerprint density at radius 3 is 1.25 bits per heavy atom. The quantitative estimate of drug-likeness (QED) is 0.130. The van der Waals surface area contributed by atoms with Crippen LogP contribution in [0.3, 0.4) is 0 Å². The van der Waals surface area contributed by atoms with Crippen LogP contribution in [0.5, 0.6) is 0 Å². The number of aryl methyl sites for hydroxylation is 2. The molecule has 0 atom stereocenters. The SMILES string of the molecule is C[Si](C)=[Zr]([Cl])[Cl].Cc1ccc2[cH-]c(-c3occ4ccccc34)cc2c1-c1ccccc1.Cc1ccc2[cH-]c(-c3occ4ccccc34)cc2c1-c1ccccc1. The third-order valence-corrected chi connectivity index (χ3v) is 30.0. The molecule has 10 aromatic rings. The van der Waals surface area contributed by atoms with Crippen LogP contribution < -0.4 is 0 Å². The molecule has 10 rings (SSSR count). The molecule has 0 aliphatic rings. The Morgan fingerprint density at radius 2 is 0.857 bits per heavy atom. The molecule has 0 aliphatic carbocycles. The molecule has 0 spiro atoms. The maximum Gasteiger partial charge on any atom is 0.0875 e. The summed E-state index contributed by atoms with van der Waals surface area (Å²) >= 11 is -1.65. The summed E-state index contributed by atoms with van der Waals surface area (Å²) in [6, 6.07) is 55.6. The Morgan fingerprint density at radius 1 is 0.482 bits per heavy atom. The number of fused-ring (bicyclic) bond motifs is 4. The Bertz CT molecular complexity index is 2770. The summed E-state index contributed by atoms with van der Waals surface area (Å²) in [4.78, 5) is 0. The van der Waals surface area contributed by atoms with Crippen LogP contribution in [-0.4, -0.2) is 5.43 Å². The van der Waals surface area contributed by atoms with Crippen molar-refractivity contribution in [2.24, 2.45) is 0 Å². The molecule has 0 amide bonds. The van der Waals surface area contributed by atoms with E-state index >= 15 is 0 Å². The molecule has 0 aliphatic heterocycles. The first-order valence-corrected chi connectivity index (χ1v) is 31.2. The monoisotopic (exact) mass is 860 g/mol. The molecular weight excluding hydrogens is 823 g/mol. The van der Waals surface area contributed by atoms with Crippen molar-refractivity contribution in [2.75, 3.05) is 0 Å². The Kier molecular flexibility index (Phi) is 11.5. The van der Waals surface area contributed by atoms with Gasteiger partial charge in [0.2, 0.25) is 0 Å². The maximum atomic E-state index is 5.91. The van der Waals surface area contributed by atoms with E-state index in [0.717, 1.165) is 44.2 Å². The second-order valence-electron chi connectivity index (χ2n) is 14.3. The average molecular weight is 863 g/mol. The minimum atomic E-state index is -1.65. The van der Waals surface area contributed by atoms with Crippen molar-refractivity contribution in [1.82, 2.24) is 0 Å². The zero-order valence-corrected chi connectivity index (χ0v) is 36.7. The van der Waals surface area contributed by atoms with Gasteiger partial charge in [-0.15, -0.1) is 57.9 Å². The van der Waals surface area contributed by atoms with Crippen LogP contribution in [0.2, 0.25) is 13.1 Å². The van der Waals surface area contributed by atoms with Gasteiger partial charge in [0.05, 0.1) is 24.0 Å². The van der Waals surface area contributed by atoms with Gasteiger partial charge < -0.3 is 8.83 Å². The topological polar surface area (TPSA) is 26.3 Å². The van der Waals surface area contributed by atoms with Gasteiger partial charge in [-0.3, -0.25) is 0 Å². The van der Waals surface area contributed by atoms with Crippen LogP contribution in [0, 0.1) is 13.8 Å². The van der Waals surface area contributed by atoms with Gasteiger partial charge in [-0.2, -0.15) is 0 Å². The van der Waals surface area contributed by atoms with Crippen molar-refractivity contribution >= 4 is 65.5 Å². The predicted octanol–water partition coefficient (Wildman–Crippen LogP) is 16.1. The minimum Gasteiger partial charge on any atom is -0.498 e. The third kappa shape index (κ3) is 7.82. The second-order valence-corrected chi connectivity index (χ2v) is 37.3. The van der Waals surface area contributed by atoms with Crippen molar-refractivity contribution < 1.29 is 26.8 Å². The molecule has 2 aromatic heterocycles. The molecule has 56 heavy (non-hydrogen) atoms. The predicted molar refractivity (Wildman–Crippen MR) is 239 cm³/mol. The smallest absolute Gasteiger partial charge is 0.0875 e. The van der Waals surface area contributed by atoms with E-state index in [2.05, 4.69) is 173 Å². The molecule has 2 heterocycles. The first-order chi connectivity index (χ1) is 27.3. The fraction of sp³-hybridized carbons (Fsp3) is 0.0800. The normalized spacial score (nSPS) is 11.0. The average Bonchev–Trinajstić information content (AvgIpc) is 4.03. The molecule has 0 radical (unpaired) electrons. The number of hydrogen-bond acceptors (Lipinski definition) is 2.